The predicted octanol–water partition coefficient (Wildman–Crippen LogP) is 2.23. The third-order valence-corrected chi connectivity index (χ3v) is 4.89. The van der Waals surface area contributed by atoms with Crippen molar-refractivity contribution in [3.63, 3.8) is 0 Å². The minimum Gasteiger partial charge on any atom is -0.457 e. The molecule has 6 nitrogen and oxygen atoms in total. The number of benzene rings is 2. The van der Waals surface area contributed by atoms with Gasteiger partial charge in [-0.05, 0) is 29.8 Å². The molecule has 0 bridgehead atoms. The summed E-state index contributed by atoms with van der Waals surface area (Å²) in [6.45, 7) is 0.159. The van der Waals surface area contributed by atoms with Gasteiger partial charge in [-0.1, -0.05) is 34.8 Å². The molecule has 0 unspecified atom stereocenters. The number of hydroxylamine groups is 1. The molecule has 23 heavy (non-hydrogen) atoms. The lowest BCUT2D eigenvalue weighted by Gasteiger charge is -2.14. The van der Waals surface area contributed by atoms with Gasteiger partial charge in [-0.25, -0.2) is 13.2 Å². The third-order valence-electron chi connectivity index (χ3n) is 3.20. The molecule has 0 N–H and O–H groups in total. The Labute approximate surface area is 135 Å². The molecule has 0 radical (unpaired) electrons. The van der Waals surface area contributed by atoms with Gasteiger partial charge in [0.25, 0.3) is 10.0 Å². The van der Waals surface area contributed by atoms with Crippen LogP contribution in [0.4, 0.5) is 0 Å². The average Bonchev–Trinajstić information content (AvgIpc) is 2.59. The molecular weight excluding hydrogens is 318 g/mol. The first-order valence-electron chi connectivity index (χ1n) is 6.79. The fourth-order valence-electron chi connectivity index (χ4n) is 1.82. The highest BCUT2D eigenvalue weighted by atomic mass is 32.2. The van der Waals surface area contributed by atoms with Crippen LogP contribution in [0.1, 0.15) is 15.9 Å². The second-order valence-electron chi connectivity index (χ2n) is 4.68. The number of rotatable bonds is 6. The van der Waals surface area contributed by atoms with Gasteiger partial charge in [-0.15, -0.1) is 0 Å². The van der Waals surface area contributed by atoms with Crippen molar-refractivity contribution in [2.24, 2.45) is 0 Å². The summed E-state index contributed by atoms with van der Waals surface area (Å²) < 4.78 is 30.0. The van der Waals surface area contributed by atoms with Crippen molar-refractivity contribution in [3.8, 4) is 0 Å². The number of sulfonamides is 1. The van der Waals surface area contributed by atoms with E-state index >= 15 is 0 Å². The van der Waals surface area contributed by atoms with E-state index in [1.807, 2.05) is 30.3 Å². The minimum atomic E-state index is -3.73. The maximum Gasteiger partial charge on any atom is 0.338 e. The number of hydrogen-bond donors (Lipinski definition) is 0. The molecule has 2 rings (SSSR count). The van der Waals surface area contributed by atoms with E-state index in [1.165, 1.54) is 38.4 Å². The monoisotopic (exact) mass is 335 g/mol. The van der Waals surface area contributed by atoms with Crippen LogP contribution in [0, 0.1) is 0 Å². The molecule has 0 saturated heterocycles. The van der Waals surface area contributed by atoms with Crippen molar-refractivity contribution < 1.29 is 22.8 Å². The molecule has 0 aliphatic carbocycles. The quantitative estimate of drug-likeness (QED) is 0.598. The molecule has 2 aromatic rings. The van der Waals surface area contributed by atoms with Gasteiger partial charge < -0.3 is 4.74 Å². The van der Waals surface area contributed by atoms with Crippen LogP contribution in [0.25, 0.3) is 0 Å². The molecule has 0 fully saturated rings. The normalized spacial score (nSPS) is 11.4. The Morgan fingerprint density at radius 2 is 1.65 bits per heavy atom. The molecule has 0 amide bonds. The van der Waals surface area contributed by atoms with Crippen LogP contribution < -0.4 is 0 Å². The smallest absolute Gasteiger partial charge is 0.338 e. The molecule has 0 saturated carbocycles. The maximum absolute atomic E-state index is 12.0. The molecule has 0 heterocycles. The van der Waals surface area contributed by atoms with Gasteiger partial charge in [0.2, 0.25) is 0 Å². The van der Waals surface area contributed by atoms with Crippen molar-refractivity contribution >= 4 is 16.0 Å². The van der Waals surface area contributed by atoms with Crippen molar-refractivity contribution in [2.75, 3.05) is 14.2 Å². The number of nitrogens with zero attached hydrogens (tertiary/aromatic N) is 1. The van der Waals surface area contributed by atoms with Crippen LogP contribution in [0.3, 0.4) is 0 Å². The number of carbonyl (C=O) groups excluding carboxylic acids is 1. The summed E-state index contributed by atoms with van der Waals surface area (Å²) in [6, 6.07) is 14.8. The zero-order valence-corrected chi connectivity index (χ0v) is 13.6. The van der Waals surface area contributed by atoms with E-state index < -0.39 is 16.0 Å². The van der Waals surface area contributed by atoms with Gasteiger partial charge >= 0.3 is 5.97 Å². The largest absolute Gasteiger partial charge is 0.457 e. The van der Waals surface area contributed by atoms with Crippen molar-refractivity contribution in [1.82, 2.24) is 4.47 Å². The summed E-state index contributed by atoms with van der Waals surface area (Å²) in [4.78, 5) is 16.7. The van der Waals surface area contributed by atoms with Crippen LogP contribution in [0.2, 0.25) is 0 Å². The van der Waals surface area contributed by atoms with Crippen molar-refractivity contribution in [1.29, 1.82) is 0 Å². The molecule has 0 aliphatic rings. The van der Waals surface area contributed by atoms with Gasteiger partial charge in [0, 0.05) is 7.05 Å². The molecule has 0 aliphatic heterocycles. The van der Waals surface area contributed by atoms with Crippen LogP contribution in [0.5, 0.6) is 0 Å². The molecule has 7 heteroatoms. The molecular formula is C16H17NO5S. The number of carbonyl (C=O) groups is 1. The third kappa shape index (κ3) is 4.16. The Kier molecular flexibility index (Phi) is 5.49. The van der Waals surface area contributed by atoms with E-state index in [0.29, 0.717) is 0 Å². The van der Waals surface area contributed by atoms with E-state index in [4.69, 9.17) is 4.74 Å². The Morgan fingerprint density at radius 1 is 1.04 bits per heavy atom. The summed E-state index contributed by atoms with van der Waals surface area (Å²) in [5.74, 6) is -0.516. The highest BCUT2D eigenvalue weighted by Crippen LogP contribution is 2.16. The summed E-state index contributed by atoms with van der Waals surface area (Å²) >= 11 is 0. The first-order chi connectivity index (χ1) is 10.9. The maximum atomic E-state index is 12.0. The highest BCUT2D eigenvalue weighted by Gasteiger charge is 2.21. The first-order valence-corrected chi connectivity index (χ1v) is 8.23. The fraction of sp³-hybridized carbons (Fsp3) is 0.188. The summed E-state index contributed by atoms with van der Waals surface area (Å²) in [5, 5.41) is 0. The van der Waals surface area contributed by atoms with E-state index in [9.17, 15) is 13.2 Å². The lowest BCUT2D eigenvalue weighted by atomic mass is 10.2. The van der Waals surface area contributed by atoms with Gasteiger partial charge in [-0.3, -0.25) is 4.84 Å². The van der Waals surface area contributed by atoms with Crippen LogP contribution in [0.15, 0.2) is 59.5 Å². The van der Waals surface area contributed by atoms with Crippen molar-refractivity contribution in [2.45, 2.75) is 11.5 Å². The van der Waals surface area contributed by atoms with Gasteiger partial charge in [0.15, 0.2) is 0 Å². The van der Waals surface area contributed by atoms with Crippen LogP contribution in [-0.2, 0) is 26.2 Å². The molecule has 0 atom stereocenters. The van der Waals surface area contributed by atoms with Crippen molar-refractivity contribution in [3.05, 3.63) is 65.7 Å². The fourth-order valence-corrected chi connectivity index (χ4v) is 2.79. The zero-order valence-electron chi connectivity index (χ0n) is 12.8. The molecule has 122 valence electrons. The van der Waals surface area contributed by atoms with E-state index in [0.717, 1.165) is 10.0 Å². The lowest BCUT2D eigenvalue weighted by molar-refractivity contribution is -0.0258. The Hall–Kier alpha value is -2.22. The number of ether oxygens (including phenoxy) is 1. The van der Waals surface area contributed by atoms with E-state index in [2.05, 4.69) is 4.84 Å². The van der Waals surface area contributed by atoms with Crippen LogP contribution >= 0.6 is 0 Å². The van der Waals surface area contributed by atoms with E-state index in [1.54, 1.807) is 0 Å². The summed E-state index contributed by atoms with van der Waals surface area (Å²) in [6.07, 6.45) is 0. The van der Waals surface area contributed by atoms with Gasteiger partial charge in [0.05, 0.1) is 17.6 Å². The van der Waals surface area contributed by atoms with Gasteiger partial charge in [0.1, 0.15) is 6.61 Å². The zero-order chi connectivity index (χ0) is 16.9. The minimum absolute atomic E-state index is 0.0291. The molecule has 0 aromatic heterocycles. The summed E-state index contributed by atoms with van der Waals surface area (Å²) in [5.41, 5.74) is 1.15. The van der Waals surface area contributed by atoms with Gasteiger partial charge in [-0.2, -0.15) is 0 Å². The highest BCUT2D eigenvalue weighted by molar-refractivity contribution is 7.89. The number of esters is 1. The number of hydrogen-bond acceptors (Lipinski definition) is 5. The lowest BCUT2D eigenvalue weighted by Crippen LogP contribution is -2.25. The molecule has 0 spiro atoms. The van der Waals surface area contributed by atoms with E-state index in [-0.39, 0.29) is 17.1 Å². The Morgan fingerprint density at radius 3 is 2.22 bits per heavy atom. The average molecular weight is 335 g/mol. The Balaban J connectivity index is 2.06. The Bertz CT molecular complexity index is 757. The molecule has 2 aromatic carbocycles. The predicted molar refractivity (Wildman–Crippen MR) is 84.0 cm³/mol. The standard InChI is InChI=1S/C16H17NO5S/c1-17(21-2)23(19,20)15-10-8-14(9-11-15)16(18)22-12-13-6-4-3-5-7-13/h3-11H,12H2,1-2H3. The SMILES string of the molecule is CON(C)S(=O)(=O)c1ccc(C(=O)OCc2ccccc2)cc1. The van der Waals surface area contributed by atoms with Crippen LogP contribution in [-0.4, -0.2) is 33.0 Å². The second-order valence-corrected chi connectivity index (χ2v) is 6.62. The second kappa shape index (κ2) is 7.36. The topological polar surface area (TPSA) is 72.9 Å². The first kappa shape index (κ1) is 17.1. The summed E-state index contributed by atoms with van der Waals surface area (Å²) in [7, 11) is -1.18.